The van der Waals surface area contributed by atoms with Crippen LogP contribution in [0.5, 0.6) is 12.0 Å². The van der Waals surface area contributed by atoms with Gasteiger partial charge in [-0.15, -0.1) is 16.6 Å². The molecule has 0 saturated carbocycles. The number of ether oxygens (including phenoxy) is 2. The molecule has 0 amide bonds. The highest BCUT2D eigenvalue weighted by Gasteiger charge is 2.08. The van der Waals surface area contributed by atoms with Crippen molar-refractivity contribution < 1.29 is 9.47 Å². The van der Waals surface area contributed by atoms with E-state index in [9.17, 15) is 0 Å². The highest BCUT2D eigenvalue weighted by Crippen LogP contribution is 2.22. The van der Waals surface area contributed by atoms with E-state index in [2.05, 4.69) is 20.3 Å². The highest BCUT2D eigenvalue weighted by atomic mass is 35.5. The lowest BCUT2D eigenvalue weighted by molar-refractivity contribution is 0.341. The zero-order valence-electron chi connectivity index (χ0n) is 10.6. The minimum atomic E-state index is 0.178. The first-order valence-electron chi connectivity index (χ1n) is 5.51. The van der Waals surface area contributed by atoms with Crippen LogP contribution < -0.4 is 14.8 Å². The average molecular weight is 281 g/mol. The number of anilines is 2. The number of para-hydroxylation sites is 1. The molecule has 0 aliphatic carbocycles. The molecule has 2 rings (SSSR count). The smallest absolute Gasteiger partial charge is 0.324 e. The number of nitrogens with zero attached hydrogens (tertiary/aromatic N) is 3. The largest absolute Gasteiger partial charge is 0.467 e. The van der Waals surface area contributed by atoms with E-state index in [0.717, 1.165) is 11.3 Å². The number of nitrogens with one attached hydrogen (secondary N) is 1. The molecule has 2 aromatic rings. The van der Waals surface area contributed by atoms with Crippen LogP contribution in [-0.4, -0.2) is 29.2 Å². The lowest BCUT2D eigenvalue weighted by Gasteiger charge is -2.10. The number of hydrogen-bond acceptors (Lipinski definition) is 6. The number of aromatic nitrogens is 3. The second-order valence-electron chi connectivity index (χ2n) is 3.55. The third kappa shape index (κ3) is 3.23. The van der Waals surface area contributed by atoms with Gasteiger partial charge >= 0.3 is 12.0 Å². The first-order valence-corrected chi connectivity index (χ1v) is 6.05. The fraction of sp³-hybridized carbons (Fsp3) is 0.250. The Morgan fingerprint density at radius 2 is 1.68 bits per heavy atom. The zero-order valence-corrected chi connectivity index (χ0v) is 11.3. The highest BCUT2D eigenvalue weighted by molar-refractivity contribution is 6.17. The van der Waals surface area contributed by atoms with E-state index in [0.29, 0.717) is 11.8 Å². The number of hydrogen-bond donors (Lipinski definition) is 1. The predicted molar refractivity (Wildman–Crippen MR) is 72.2 cm³/mol. The van der Waals surface area contributed by atoms with Crippen molar-refractivity contribution in [1.29, 1.82) is 0 Å². The molecule has 1 N–H and O–H groups in total. The minimum Gasteiger partial charge on any atom is -0.467 e. The molecule has 1 aromatic heterocycles. The van der Waals surface area contributed by atoms with E-state index in [4.69, 9.17) is 21.1 Å². The Morgan fingerprint density at radius 3 is 2.26 bits per heavy atom. The third-order valence-electron chi connectivity index (χ3n) is 2.37. The van der Waals surface area contributed by atoms with Crippen LogP contribution >= 0.6 is 11.6 Å². The van der Waals surface area contributed by atoms with Gasteiger partial charge < -0.3 is 14.8 Å². The summed E-state index contributed by atoms with van der Waals surface area (Å²) >= 11 is 5.87. The molecule has 6 nitrogen and oxygen atoms in total. The van der Waals surface area contributed by atoms with Crippen LogP contribution in [0.4, 0.5) is 11.6 Å². The minimum absolute atomic E-state index is 0.178. The molecule has 1 aromatic carbocycles. The number of alkyl halides is 1. The van der Waals surface area contributed by atoms with Crippen LogP contribution in [0.3, 0.4) is 0 Å². The molecule has 0 aliphatic rings. The second-order valence-corrected chi connectivity index (χ2v) is 3.82. The predicted octanol–water partition coefficient (Wildman–Crippen LogP) is 2.37. The molecule has 7 heteroatoms. The molecule has 0 radical (unpaired) electrons. The summed E-state index contributed by atoms with van der Waals surface area (Å²) in [5, 5.41) is 3.07. The molecule has 0 aliphatic heterocycles. The van der Waals surface area contributed by atoms with Crippen molar-refractivity contribution >= 4 is 23.2 Å². The van der Waals surface area contributed by atoms with Crippen LogP contribution in [0.1, 0.15) is 5.56 Å². The molecule has 0 fully saturated rings. The van der Waals surface area contributed by atoms with Crippen molar-refractivity contribution in [3.63, 3.8) is 0 Å². The van der Waals surface area contributed by atoms with Gasteiger partial charge in [-0.1, -0.05) is 18.2 Å². The summed E-state index contributed by atoms with van der Waals surface area (Å²) in [6, 6.07) is 7.98. The fourth-order valence-corrected chi connectivity index (χ4v) is 1.69. The van der Waals surface area contributed by atoms with Crippen molar-refractivity contribution in [2.75, 3.05) is 19.5 Å². The van der Waals surface area contributed by atoms with E-state index in [1.807, 2.05) is 24.3 Å². The monoisotopic (exact) mass is 280 g/mol. The summed E-state index contributed by atoms with van der Waals surface area (Å²) in [7, 11) is 2.95. The number of rotatable bonds is 5. The maximum absolute atomic E-state index is 5.87. The van der Waals surface area contributed by atoms with Crippen LogP contribution in [0.2, 0.25) is 0 Å². The van der Waals surface area contributed by atoms with E-state index >= 15 is 0 Å². The van der Waals surface area contributed by atoms with Gasteiger partial charge in [0.05, 0.1) is 14.2 Å². The Kier molecular flexibility index (Phi) is 4.35. The van der Waals surface area contributed by atoms with E-state index in [1.54, 1.807) is 0 Å². The molecule has 100 valence electrons. The molecule has 0 spiro atoms. The number of halogens is 1. The Labute approximate surface area is 115 Å². The SMILES string of the molecule is COc1nc(Nc2ccccc2CCl)nc(OC)n1. The van der Waals surface area contributed by atoms with Crippen molar-refractivity contribution in [3.05, 3.63) is 29.8 Å². The van der Waals surface area contributed by atoms with Crippen LogP contribution in [0, 0.1) is 0 Å². The topological polar surface area (TPSA) is 69.2 Å². The molecular formula is C12H13ClN4O2. The molecular weight excluding hydrogens is 268 g/mol. The molecule has 0 unspecified atom stereocenters. The van der Waals surface area contributed by atoms with Gasteiger partial charge in [0, 0.05) is 11.6 Å². The molecule has 1 heterocycles. The molecule has 0 atom stereocenters. The van der Waals surface area contributed by atoms with Gasteiger partial charge in [-0.3, -0.25) is 0 Å². The van der Waals surface area contributed by atoms with Crippen molar-refractivity contribution in [2.45, 2.75) is 5.88 Å². The first kappa shape index (κ1) is 13.4. The standard InChI is InChI=1S/C12H13ClN4O2/c1-18-11-15-10(16-12(17-11)19-2)14-9-6-4-3-5-8(9)7-13/h3-6H,7H2,1-2H3,(H,14,15,16,17). The average Bonchev–Trinajstić information content (AvgIpc) is 2.47. The number of methoxy groups -OCH3 is 2. The summed E-state index contributed by atoms with van der Waals surface area (Å²) in [5.74, 6) is 0.726. The van der Waals surface area contributed by atoms with Crippen LogP contribution in [-0.2, 0) is 5.88 Å². The molecule has 19 heavy (non-hydrogen) atoms. The zero-order chi connectivity index (χ0) is 13.7. The quantitative estimate of drug-likeness (QED) is 0.848. The Morgan fingerprint density at radius 1 is 1.05 bits per heavy atom. The Bertz CT molecular complexity index is 543. The van der Waals surface area contributed by atoms with Crippen LogP contribution in [0.25, 0.3) is 0 Å². The van der Waals surface area contributed by atoms with Gasteiger partial charge in [0.2, 0.25) is 5.95 Å². The summed E-state index contributed by atoms with van der Waals surface area (Å²) in [4.78, 5) is 12.1. The van der Waals surface area contributed by atoms with E-state index in [1.165, 1.54) is 14.2 Å². The van der Waals surface area contributed by atoms with Gasteiger partial charge in [0.1, 0.15) is 0 Å². The normalized spacial score (nSPS) is 10.1. The lowest BCUT2D eigenvalue weighted by atomic mass is 10.2. The summed E-state index contributed by atoms with van der Waals surface area (Å²) in [6.45, 7) is 0. The molecule has 0 saturated heterocycles. The van der Waals surface area contributed by atoms with Gasteiger partial charge in [-0.05, 0) is 11.6 Å². The van der Waals surface area contributed by atoms with Crippen LogP contribution in [0.15, 0.2) is 24.3 Å². The fourth-order valence-electron chi connectivity index (χ4n) is 1.46. The summed E-state index contributed by atoms with van der Waals surface area (Å²) < 4.78 is 9.97. The summed E-state index contributed by atoms with van der Waals surface area (Å²) in [5.41, 5.74) is 1.77. The van der Waals surface area contributed by atoms with Gasteiger partial charge in [-0.25, -0.2) is 0 Å². The summed E-state index contributed by atoms with van der Waals surface area (Å²) in [6.07, 6.45) is 0. The third-order valence-corrected chi connectivity index (χ3v) is 2.66. The van der Waals surface area contributed by atoms with Gasteiger partial charge in [0.25, 0.3) is 0 Å². The maximum Gasteiger partial charge on any atom is 0.324 e. The van der Waals surface area contributed by atoms with Crippen molar-refractivity contribution in [2.24, 2.45) is 0 Å². The first-order chi connectivity index (χ1) is 9.26. The van der Waals surface area contributed by atoms with Gasteiger partial charge in [-0.2, -0.15) is 9.97 Å². The Hall–Kier alpha value is -2.08. The lowest BCUT2D eigenvalue weighted by Crippen LogP contribution is -2.04. The van der Waals surface area contributed by atoms with Crippen molar-refractivity contribution in [3.8, 4) is 12.0 Å². The number of benzene rings is 1. The Balaban J connectivity index is 2.32. The van der Waals surface area contributed by atoms with E-state index < -0.39 is 0 Å². The second kappa shape index (κ2) is 6.19. The maximum atomic E-state index is 5.87. The van der Waals surface area contributed by atoms with E-state index in [-0.39, 0.29) is 12.0 Å². The van der Waals surface area contributed by atoms with Crippen molar-refractivity contribution in [1.82, 2.24) is 15.0 Å². The molecule has 0 bridgehead atoms. The van der Waals surface area contributed by atoms with Gasteiger partial charge in [0.15, 0.2) is 0 Å².